The van der Waals surface area contributed by atoms with E-state index in [1.165, 1.54) is 18.2 Å². The van der Waals surface area contributed by atoms with Gasteiger partial charge in [0.05, 0.1) is 24.7 Å². The number of anilines is 1. The van der Waals surface area contributed by atoms with Gasteiger partial charge in [-0.25, -0.2) is 18.2 Å². The summed E-state index contributed by atoms with van der Waals surface area (Å²) in [4.78, 5) is 29.5. The second kappa shape index (κ2) is 10.0. The maximum Gasteiger partial charge on any atom is 0.282 e. The largest absolute Gasteiger partial charge is 0.486 e. The van der Waals surface area contributed by atoms with E-state index in [0.29, 0.717) is 23.6 Å². The van der Waals surface area contributed by atoms with Crippen molar-refractivity contribution in [3.63, 3.8) is 0 Å². The van der Waals surface area contributed by atoms with Crippen molar-refractivity contribution in [2.45, 2.75) is 18.4 Å². The normalized spacial score (nSPS) is 17.6. The predicted octanol–water partition coefficient (Wildman–Crippen LogP) is 4.35. The molecule has 1 unspecified atom stereocenters. The van der Waals surface area contributed by atoms with Crippen LogP contribution in [0.25, 0.3) is 17.2 Å². The number of alkyl halides is 2. The number of amides is 2. The van der Waals surface area contributed by atoms with Crippen LogP contribution in [-0.4, -0.2) is 53.4 Å². The molecule has 5 rings (SSSR count). The molecule has 0 aliphatic carbocycles. The number of nitrogens with two attached hydrogens (primary N) is 1. The zero-order chi connectivity index (χ0) is 27.0. The minimum absolute atomic E-state index is 0.00477. The van der Waals surface area contributed by atoms with Crippen molar-refractivity contribution in [3.05, 3.63) is 82.3 Å². The van der Waals surface area contributed by atoms with Crippen molar-refractivity contribution in [1.29, 1.82) is 0 Å². The number of nitrogens with zero attached hydrogens (tertiary/aromatic N) is 2. The van der Waals surface area contributed by atoms with E-state index in [1.54, 1.807) is 36.5 Å². The van der Waals surface area contributed by atoms with E-state index in [1.807, 2.05) is 0 Å². The lowest BCUT2D eigenvalue weighted by molar-refractivity contribution is -0.116. The van der Waals surface area contributed by atoms with Crippen LogP contribution in [0.3, 0.4) is 0 Å². The highest BCUT2D eigenvalue weighted by Gasteiger charge is 2.46. The molecule has 38 heavy (non-hydrogen) atoms. The average molecular weight is 543 g/mol. The maximum absolute atomic E-state index is 15.0. The third-order valence-electron chi connectivity index (χ3n) is 6.25. The number of likely N-dealkylation sites (tertiary alicyclic amines) is 1. The van der Waals surface area contributed by atoms with Crippen LogP contribution in [0.2, 0.25) is 5.02 Å². The van der Waals surface area contributed by atoms with Gasteiger partial charge in [-0.05, 0) is 53.6 Å². The van der Waals surface area contributed by atoms with Crippen LogP contribution in [0.15, 0.2) is 54.7 Å². The van der Waals surface area contributed by atoms with Crippen LogP contribution >= 0.6 is 11.6 Å². The number of carbonyl (C=O) groups excluding carboxylic acids is 2. The monoisotopic (exact) mass is 542 g/mol. The molecule has 196 valence electrons. The summed E-state index contributed by atoms with van der Waals surface area (Å²) in [5.41, 5.74) is 7.70. The van der Waals surface area contributed by atoms with Crippen molar-refractivity contribution < 1.29 is 27.5 Å². The van der Waals surface area contributed by atoms with Crippen molar-refractivity contribution in [1.82, 2.24) is 15.2 Å². The number of nitrogen functional groups attached to an aromatic ring is 1. The van der Waals surface area contributed by atoms with Gasteiger partial charge >= 0.3 is 0 Å². The van der Waals surface area contributed by atoms with Crippen LogP contribution in [0.5, 0.6) is 5.75 Å². The minimum atomic E-state index is -2.90. The molecule has 3 heterocycles. The van der Waals surface area contributed by atoms with Crippen molar-refractivity contribution in [3.8, 4) is 16.9 Å². The molecule has 7 nitrogen and oxygen atoms in total. The number of rotatable bonds is 6. The van der Waals surface area contributed by atoms with Gasteiger partial charge in [0.25, 0.3) is 11.8 Å². The SMILES string of the molecule is Nc1ccc(/C=C/C(=O)NCC2Cc3cc(-c4ccc(C(=O)N5CC(F)(F)C5)cc4F)cc(Cl)c3O2)cn1. The fourth-order valence-corrected chi connectivity index (χ4v) is 4.62. The second-order valence-corrected chi connectivity index (χ2v) is 9.60. The number of halogens is 4. The van der Waals surface area contributed by atoms with E-state index >= 15 is 0 Å². The summed E-state index contributed by atoms with van der Waals surface area (Å²) in [5.74, 6) is -3.69. The number of ether oxygens (including phenoxy) is 1. The van der Waals surface area contributed by atoms with Crippen LogP contribution < -0.4 is 15.8 Å². The first-order chi connectivity index (χ1) is 18.1. The van der Waals surface area contributed by atoms with E-state index in [-0.39, 0.29) is 34.7 Å². The summed E-state index contributed by atoms with van der Waals surface area (Å²) in [6, 6.07) is 10.5. The number of pyridine rings is 1. The van der Waals surface area contributed by atoms with Crippen LogP contribution in [0, 0.1) is 5.82 Å². The van der Waals surface area contributed by atoms with Gasteiger partial charge in [-0.1, -0.05) is 17.7 Å². The van der Waals surface area contributed by atoms with Gasteiger partial charge in [-0.15, -0.1) is 0 Å². The molecule has 1 aromatic heterocycles. The quantitative estimate of drug-likeness (QED) is 0.451. The number of hydrogen-bond donors (Lipinski definition) is 2. The van der Waals surface area contributed by atoms with E-state index in [0.717, 1.165) is 22.1 Å². The Labute approximate surface area is 221 Å². The molecule has 2 aliphatic heterocycles. The molecule has 2 aliphatic rings. The Bertz CT molecular complexity index is 1440. The Kier molecular flexibility index (Phi) is 6.75. The van der Waals surface area contributed by atoms with Crippen LogP contribution in [-0.2, 0) is 11.2 Å². The van der Waals surface area contributed by atoms with Gasteiger partial charge in [0.1, 0.15) is 23.5 Å². The highest BCUT2D eigenvalue weighted by molar-refractivity contribution is 6.32. The zero-order valence-electron chi connectivity index (χ0n) is 19.9. The molecular formula is C27H22ClF3N4O3. The van der Waals surface area contributed by atoms with Gasteiger partial charge < -0.3 is 20.7 Å². The summed E-state index contributed by atoms with van der Waals surface area (Å²) in [7, 11) is 0. The predicted molar refractivity (Wildman–Crippen MR) is 137 cm³/mol. The first-order valence-electron chi connectivity index (χ1n) is 11.7. The van der Waals surface area contributed by atoms with Gasteiger partial charge in [-0.2, -0.15) is 0 Å². The molecule has 11 heteroatoms. The lowest BCUT2D eigenvalue weighted by Gasteiger charge is -2.38. The van der Waals surface area contributed by atoms with Gasteiger partial charge in [0.2, 0.25) is 5.91 Å². The second-order valence-electron chi connectivity index (χ2n) is 9.20. The maximum atomic E-state index is 15.0. The van der Waals surface area contributed by atoms with Gasteiger partial charge in [0.15, 0.2) is 0 Å². The first kappa shape index (κ1) is 25.6. The average Bonchev–Trinajstić information content (AvgIpc) is 3.29. The Balaban J connectivity index is 1.22. The molecule has 0 spiro atoms. The third-order valence-corrected chi connectivity index (χ3v) is 6.53. The Hall–Kier alpha value is -4.05. The van der Waals surface area contributed by atoms with Gasteiger partial charge in [0, 0.05) is 35.4 Å². The molecule has 1 fully saturated rings. The van der Waals surface area contributed by atoms with Crippen molar-refractivity contribution >= 4 is 35.3 Å². The minimum Gasteiger partial charge on any atom is -0.486 e. The molecular weight excluding hydrogens is 521 g/mol. The summed E-state index contributed by atoms with van der Waals surface area (Å²) in [6.45, 7) is -1.12. The molecule has 3 aromatic rings. The Morgan fingerprint density at radius 1 is 1.21 bits per heavy atom. The molecule has 3 N–H and O–H groups in total. The number of aromatic nitrogens is 1. The Morgan fingerprint density at radius 3 is 2.68 bits per heavy atom. The lowest BCUT2D eigenvalue weighted by atomic mass is 9.98. The van der Waals surface area contributed by atoms with E-state index < -0.39 is 30.7 Å². The number of nitrogens with one attached hydrogen (secondary N) is 1. The number of carbonyl (C=O) groups is 2. The van der Waals surface area contributed by atoms with Crippen molar-refractivity contribution in [2.75, 3.05) is 25.4 Å². The summed E-state index contributed by atoms with van der Waals surface area (Å²) >= 11 is 6.42. The summed E-state index contributed by atoms with van der Waals surface area (Å²) in [5, 5.41) is 3.06. The fraction of sp³-hybridized carbons (Fsp3) is 0.222. The standard InChI is InChI=1S/C27H22ClF3N4O3/c28-21-9-17(20-4-3-16(10-22(20)29)26(37)35-13-27(30,31)14-35)7-18-8-19(38-25(18)21)12-34-24(36)6-2-15-1-5-23(32)33-11-15/h1-7,9-11,19H,8,12-14H2,(H2,32,33)(H,34,36)/b6-2+. The topological polar surface area (TPSA) is 97.5 Å². The van der Waals surface area contributed by atoms with Crippen molar-refractivity contribution in [2.24, 2.45) is 0 Å². The molecule has 0 radical (unpaired) electrons. The van der Waals surface area contributed by atoms with E-state index in [2.05, 4.69) is 10.3 Å². The molecule has 0 bridgehead atoms. The first-order valence-corrected chi connectivity index (χ1v) is 12.1. The zero-order valence-corrected chi connectivity index (χ0v) is 20.6. The van der Waals surface area contributed by atoms with E-state index in [4.69, 9.17) is 22.1 Å². The smallest absolute Gasteiger partial charge is 0.282 e. The van der Waals surface area contributed by atoms with Gasteiger partial charge in [-0.3, -0.25) is 9.59 Å². The molecule has 1 saturated heterocycles. The highest BCUT2D eigenvalue weighted by Crippen LogP contribution is 2.40. The highest BCUT2D eigenvalue weighted by atomic mass is 35.5. The number of hydrogen-bond acceptors (Lipinski definition) is 5. The van der Waals surface area contributed by atoms with Crippen LogP contribution in [0.1, 0.15) is 21.5 Å². The molecule has 1 atom stereocenters. The Morgan fingerprint density at radius 2 is 2.00 bits per heavy atom. The lowest BCUT2D eigenvalue weighted by Crippen LogP contribution is -2.58. The summed E-state index contributed by atoms with van der Waals surface area (Å²) in [6.07, 6.45) is 4.62. The summed E-state index contributed by atoms with van der Waals surface area (Å²) < 4.78 is 47.0. The number of fused-ring (bicyclic) bond motifs is 1. The van der Waals surface area contributed by atoms with Crippen LogP contribution in [0.4, 0.5) is 19.0 Å². The molecule has 0 saturated carbocycles. The number of benzene rings is 2. The molecule has 2 amide bonds. The third kappa shape index (κ3) is 5.45. The fourth-order valence-electron chi connectivity index (χ4n) is 4.34. The molecule has 2 aromatic carbocycles. The van der Waals surface area contributed by atoms with E-state index in [9.17, 15) is 22.8 Å².